The SMILES string of the molecule is NS(=O)(=O)N[C@@H]1O[C@H](CO)[C@@H](O)[C@H](O)[C@H]1O. The minimum Gasteiger partial charge on any atom is -0.394 e. The van der Waals surface area contributed by atoms with Gasteiger partial charge in [0.05, 0.1) is 6.61 Å². The lowest BCUT2D eigenvalue weighted by Gasteiger charge is -2.39. The van der Waals surface area contributed by atoms with Gasteiger partial charge in [-0.25, -0.2) is 5.14 Å². The van der Waals surface area contributed by atoms with E-state index in [4.69, 9.17) is 9.84 Å². The minimum atomic E-state index is -4.14. The van der Waals surface area contributed by atoms with Crippen molar-refractivity contribution >= 4 is 10.2 Å². The molecular weight excluding hydrogens is 244 g/mol. The zero-order valence-electron chi connectivity index (χ0n) is 8.09. The summed E-state index contributed by atoms with van der Waals surface area (Å²) in [5, 5.41) is 41.5. The Labute approximate surface area is 91.6 Å². The molecule has 1 fully saturated rings. The maximum atomic E-state index is 10.7. The predicted molar refractivity (Wildman–Crippen MR) is 50.0 cm³/mol. The van der Waals surface area contributed by atoms with Crippen molar-refractivity contribution in [3.63, 3.8) is 0 Å². The zero-order chi connectivity index (χ0) is 12.5. The largest absolute Gasteiger partial charge is 0.394 e. The Morgan fingerprint density at radius 3 is 2.19 bits per heavy atom. The van der Waals surface area contributed by atoms with Crippen molar-refractivity contribution in [3.05, 3.63) is 0 Å². The highest BCUT2D eigenvalue weighted by Crippen LogP contribution is 2.19. The minimum absolute atomic E-state index is 0.645. The Kier molecular flexibility index (Phi) is 4.20. The number of hydrogen-bond acceptors (Lipinski definition) is 7. The first-order chi connectivity index (χ1) is 7.26. The highest BCUT2D eigenvalue weighted by Gasteiger charge is 2.44. The summed E-state index contributed by atoms with van der Waals surface area (Å²) >= 11 is 0. The van der Waals surface area contributed by atoms with Gasteiger partial charge in [0.25, 0.3) is 10.2 Å². The van der Waals surface area contributed by atoms with Gasteiger partial charge in [0.2, 0.25) is 0 Å². The number of nitrogens with one attached hydrogen (secondary N) is 1. The van der Waals surface area contributed by atoms with Gasteiger partial charge in [-0.2, -0.15) is 13.1 Å². The molecule has 0 spiro atoms. The molecule has 0 aliphatic carbocycles. The first-order valence-corrected chi connectivity index (χ1v) is 5.91. The molecular formula is C6H14N2O7S. The van der Waals surface area contributed by atoms with Crippen molar-refractivity contribution in [2.24, 2.45) is 5.14 Å². The summed E-state index contributed by atoms with van der Waals surface area (Å²) in [5.41, 5.74) is 0. The fourth-order valence-electron chi connectivity index (χ4n) is 1.36. The lowest BCUT2D eigenvalue weighted by Crippen LogP contribution is -2.63. The van der Waals surface area contributed by atoms with Crippen LogP contribution in [-0.2, 0) is 14.9 Å². The first-order valence-electron chi connectivity index (χ1n) is 4.37. The monoisotopic (exact) mass is 258 g/mol. The third-order valence-corrected chi connectivity index (χ3v) is 2.73. The van der Waals surface area contributed by atoms with E-state index in [1.165, 1.54) is 0 Å². The maximum absolute atomic E-state index is 10.7. The van der Waals surface area contributed by atoms with Crippen LogP contribution in [0.25, 0.3) is 0 Å². The standard InChI is InChI=1S/C6H14N2O7S/c7-16(13,14)8-6-5(12)4(11)3(10)2(1-9)15-6/h2-6,8-12H,1H2,(H2,7,13,14)/t2-,3-,4+,5-,6-/m1/s1. The Morgan fingerprint density at radius 2 is 1.75 bits per heavy atom. The summed E-state index contributed by atoms with van der Waals surface area (Å²) in [4.78, 5) is 0. The average Bonchev–Trinajstić information content (AvgIpc) is 2.17. The highest BCUT2D eigenvalue weighted by atomic mass is 32.2. The Balaban J connectivity index is 2.79. The number of nitrogens with two attached hydrogens (primary N) is 1. The molecule has 0 aromatic heterocycles. The van der Waals surface area contributed by atoms with E-state index in [1.54, 1.807) is 4.72 Å². The molecule has 0 aromatic rings. The van der Waals surface area contributed by atoms with Crippen molar-refractivity contribution < 1.29 is 33.6 Å². The van der Waals surface area contributed by atoms with Crippen LogP contribution in [0.1, 0.15) is 0 Å². The zero-order valence-corrected chi connectivity index (χ0v) is 8.91. The summed E-state index contributed by atoms with van der Waals surface area (Å²) in [6, 6.07) is 0. The predicted octanol–water partition coefficient (Wildman–Crippen LogP) is -4.42. The van der Waals surface area contributed by atoms with Crippen LogP contribution in [0, 0.1) is 0 Å². The molecule has 1 saturated heterocycles. The summed E-state index contributed by atoms with van der Waals surface area (Å²) < 4.78 is 27.9. The third kappa shape index (κ3) is 3.09. The van der Waals surface area contributed by atoms with E-state index in [-0.39, 0.29) is 0 Å². The normalized spacial score (nSPS) is 40.9. The van der Waals surface area contributed by atoms with E-state index >= 15 is 0 Å². The molecule has 5 atom stereocenters. The van der Waals surface area contributed by atoms with Crippen LogP contribution in [0.5, 0.6) is 0 Å². The number of ether oxygens (including phenoxy) is 1. The van der Waals surface area contributed by atoms with Crippen molar-refractivity contribution in [2.45, 2.75) is 30.6 Å². The molecule has 1 rings (SSSR count). The highest BCUT2D eigenvalue weighted by molar-refractivity contribution is 7.87. The van der Waals surface area contributed by atoms with Gasteiger partial charge in [0, 0.05) is 0 Å². The van der Waals surface area contributed by atoms with Gasteiger partial charge in [-0.3, -0.25) is 0 Å². The molecule has 0 aromatic carbocycles. The van der Waals surface area contributed by atoms with Gasteiger partial charge in [-0.15, -0.1) is 0 Å². The lowest BCUT2D eigenvalue weighted by molar-refractivity contribution is -0.231. The van der Waals surface area contributed by atoms with E-state index in [1.807, 2.05) is 0 Å². The molecule has 9 nitrogen and oxygen atoms in total. The van der Waals surface area contributed by atoms with Crippen molar-refractivity contribution in [1.29, 1.82) is 0 Å². The van der Waals surface area contributed by atoms with Crippen molar-refractivity contribution in [2.75, 3.05) is 6.61 Å². The Bertz CT molecular complexity index is 332. The van der Waals surface area contributed by atoms with Crippen LogP contribution in [-0.4, -0.2) is 66.1 Å². The molecule has 16 heavy (non-hydrogen) atoms. The second-order valence-electron chi connectivity index (χ2n) is 3.41. The first kappa shape index (κ1) is 13.7. The van der Waals surface area contributed by atoms with E-state index < -0.39 is 47.5 Å². The molecule has 1 aliphatic rings. The molecule has 0 bridgehead atoms. The fourth-order valence-corrected chi connectivity index (χ4v) is 1.88. The summed E-state index contributed by atoms with van der Waals surface area (Å²) in [6.45, 7) is -0.645. The van der Waals surface area contributed by atoms with E-state index in [9.17, 15) is 23.7 Å². The summed E-state index contributed by atoms with van der Waals surface area (Å²) in [7, 11) is -4.14. The number of aliphatic hydroxyl groups is 4. The molecule has 0 amide bonds. The van der Waals surface area contributed by atoms with E-state index in [2.05, 4.69) is 5.14 Å². The fraction of sp³-hybridized carbons (Fsp3) is 1.00. The average molecular weight is 258 g/mol. The molecule has 0 unspecified atom stereocenters. The van der Waals surface area contributed by atoms with E-state index in [0.717, 1.165) is 0 Å². The Hall–Kier alpha value is -0.330. The van der Waals surface area contributed by atoms with Crippen molar-refractivity contribution in [3.8, 4) is 0 Å². The van der Waals surface area contributed by atoms with Crippen LogP contribution in [0.4, 0.5) is 0 Å². The molecule has 1 heterocycles. The quantitative estimate of drug-likeness (QED) is 0.297. The number of rotatable bonds is 3. The molecule has 7 N–H and O–H groups in total. The van der Waals surface area contributed by atoms with E-state index in [0.29, 0.717) is 0 Å². The second kappa shape index (κ2) is 4.89. The number of aliphatic hydroxyl groups excluding tert-OH is 4. The van der Waals surface area contributed by atoms with Crippen LogP contribution >= 0.6 is 0 Å². The van der Waals surface area contributed by atoms with Gasteiger partial charge in [-0.1, -0.05) is 0 Å². The molecule has 1 aliphatic heterocycles. The van der Waals surface area contributed by atoms with Gasteiger partial charge in [-0.05, 0) is 0 Å². The molecule has 0 radical (unpaired) electrons. The smallest absolute Gasteiger partial charge is 0.276 e. The van der Waals surface area contributed by atoms with Crippen LogP contribution < -0.4 is 9.86 Å². The maximum Gasteiger partial charge on any atom is 0.276 e. The van der Waals surface area contributed by atoms with Crippen LogP contribution in [0.3, 0.4) is 0 Å². The van der Waals surface area contributed by atoms with Gasteiger partial charge < -0.3 is 25.2 Å². The van der Waals surface area contributed by atoms with Gasteiger partial charge >= 0.3 is 0 Å². The third-order valence-electron chi connectivity index (χ3n) is 2.17. The molecule has 0 saturated carbocycles. The molecule has 10 heteroatoms. The molecule has 96 valence electrons. The lowest BCUT2D eigenvalue weighted by atomic mass is 9.99. The number of hydrogen-bond donors (Lipinski definition) is 6. The Morgan fingerprint density at radius 1 is 1.19 bits per heavy atom. The van der Waals surface area contributed by atoms with Crippen molar-refractivity contribution in [1.82, 2.24) is 4.72 Å². The second-order valence-corrected chi connectivity index (χ2v) is 4.74. The van der Waals surface area contributed by atoms with Crippen LogP contribution in [0.15, 0.2) is 0 Å². The summed E-state index contributed by atoms with van der Waals surface area (Å²) in [5.74, 6) is 0. The van der Waals surface area contributed by atoms with Gasteiger partial charge in [0.1, 0.15) is 24.4 Å². The topological polar surface area (TPSA) is 162 Å². The van der Waals surface area contributed by atoms with Crippen LogP contribution in [0.2, 0.25) is 0 Å². The summed E-state index contributed by atoms with van der Waals surface area (Å²) in [6.07, 6.45) is -7.58. The van der Waals surface area contributed by atoms with Gasteiger partial charge in [0.15, 0.2) is 6.23 Å².